The number of nitrogens with zero attached hydrogens (tertiary/aromatic N) is 3. The lowest BCUT2D eigenvalue weighted by Crippen LogP contribution is -2.32. The van der Waals surface area contributed by atoms with Crippen molar-refractivity contribution in [3.05, 3.63) is 82.1 Å². The van der Waals surface area contributed by atoms with Crippen LogP contribution in [0.15, 0.2) is 60.3 Å². The number of hydrogen-bond acceptors (Lipinski definition) is 6. The molecule has 0 fully saturated rings. The van der Waals surface area contributed by atoms with E-state index in [1.807, 2.05) is 13.8 Å². The Morgan fingerprint density at radius 3 is 2.58 bits per heavy atom. The Morgan fingerprint density at radius 1 is 1.16 bits per heavy atom. The van der Waals surface area contributed by atoms with Gasteiger partial charge in [0.2, 0.25) is 5.91 Å². The van der Waals surface area contributed by atoms with Crippen molar-refractivity contribution in [2.24, 2.45) is 5.92 Å². The number of allylic oxidation sites excluding steroid dienone is 1. The summed E-state index contributed by atoms with van der Waals surface area (Å²) in [4.78, 5) is 36.8. The van der Waals surface area contributed by atoms with E-state index < -0.39 is 12.0 Å². The monoisotopic (exact) mass is 575 g/mol. The molecule has 0 aliphatic carbocycles. The number of amides is 2. The van der Waals surface area contributed by atoms with Crippen molar-refractivity contribution in [3.8, 4) is 0 Å². The van der Waals surface area contributed by atoms with Gasteiger partial charge >= 0.3 is 5.97 Å². The van der Waals surface area contributed by atoms with Crippen LogP contribution in [0.25, 0.3) is 0 Å². The summed E-state index contributed by atoms with van der Waals surface area (Å²) < 4.78 is 1.80. The molecule has 0 aliphatic heterocycles. The van der Waals surface area contributed by atoms with Gasteiger partial charge < -0.3 is 20.3 Å². The van der Waals surface area contributed by atoms with Gasteiger partial charge in [0.15, 0.2) is 11.0 Å². The van der Waals surface area contributed by atoms with Gasteiger partial charge in [-0.25, -0.2) is 4.79 Å². The maximum Gasteiger partial charge on any atom is 0.335 e. The third kappa shape index (κ3) is 7.83. The molecule has 3 N–H and O–H groups in total. The molecule has 1 aromatic heterocycles. The average molecular weight is 577 g/mol. The van der Waals surface area contributed by atoms with Gasteiger partial charge in [-0.3, -0.25) is 9.59 Å². The highest BCUT2D eigenvalue weighted by molar-refractivity contribution is 7.99. The highest BCUT2D eigenvalue weighted by Crippen LogP contribution is 2.27. The number of aromatic nitrogens is 3. The molecule has 1 atom stereocenters. The zero-order chi connectivity index (χ0) is 27.8. The first-order valence-electron chi connectivity index (χ1n) is 11.6. The van der Waals surface area contributed by atoms with Gasteiger partial charge in [0.05, 0.1) is 27.9 Å². The fraction of sp³-hybridized carbons (Fsp3) is 0.269. The summed E-state index contributed by atoms with van der Waals surface area (Å²) >= 11 is 13.4. The molecule has 0 saturated heterocycles. The van der Waals surface area contributed by atoms with Crippen LogP contribution < -0.4 is 10.6 Å². The van der Waals surface area contributed by atoms with E-state index in [2.05, 4.69) is 27.4 Å². The summed E-state index contributed by atoms with van der Waals surface area (Å²) in [6, 6.07) is 10.2. The molecule has 0 radical (unpaired) electrons. The molecule has 12 heteroatoms. The minimum Gasteiger partial charge on any atom is -0.478 e. The van der Waals surface area contributed by atoms with Crippen molar-refractivity contribution in [2.75, 3.05) is 11.1 Å². The Bertz CT molecular complexity index is 1340. The Balaban J connectivity index is 1.78. The molecule has 2 aromatic carbocycles. The number of carboxylic acid groups (broad SMARTS) is 1. The van der Waals surface area contributed by atoms with E-state index in [0.29, 0.717) is 34.7 Å². The summed E-state index contributed by atoms with van der Waals surface area (Å²) in [5.74, 6) is -1.04. The summed E-state index contributed by atoms with van der Waals surface area (Å²) in [6.45, 7) is 8.23. The molecule has 3 aromatic rings. The molecule has 0 aliphatic rings. The minimum atomic E-state index is -1.08. The molecular formula is C26H27Cl2N5O4S. The van der Waals surface area contributed by atoms with Crippen LogP contribution in [0.5, 0.6) is 0 Å². The first-order valence-corrected chi connectivity index (χ1v) is 13.4. The number of aromatic carboxylic acids is 1. The normalized spacial score (nSPS) is 11.7. The third-order valence-corrected chi connectivity index (χ3v) is 6.80. The van der Waals surface area contributed by atoms with Crippen LogP contribution >= 0.6 is 35.0 Å². The number of benzene rings is 2. The fourth-order valence-corrected chi connectivity index (χ4v) is 4.88. The molecule has 0 unspecified atom stereocenters. The first kappa shape index (κ1) is 29.2. The van der Waals surface area contributed by atoms with Gasteiger partial charge in [0, 0.05) is 17.3 Å². The number of anilines is 1. The SMILES string of the molecule is C=CCn1c(SCC(=O)Nc2cccc(C(=O)O)c2)nnc1[C@@H](CC(C)C)NC(=O)c1ccc(Cl)cc1Cl. The third-order valence-electron chi connectivity index (χ3n) is 5.28. The topological polar surface area (TPSA) is 126 Å². The lowest BCUT2D eigenvalue weighted by atomic mass is 10.0. The fourth-order valence-electron chi connectivity index (χ4n) is 3.63. The Labute approximate surface area is 234 Å². The van der Waals surface area contributed by atoms with Crippen molar-refractivity contribution >= 4 is 58.4 Å². The van der Waals surface area contributed by atoms with Crippen LogP contribution in [0.2, 0.25) is 10.0 Å². The van der Waals surface area contributed by atoms with Crippen LogP contribution in [0, 0.1) is 5.92 Å². The second kappa shape index (κ2) is 13.5. The van der Waals surface area contributed by atoms with Crippen LogP contribution in [0.4, 0.5) is 5.69 Å². The lowest BCUT2D eigenvalue weighted by molar-refractivity contribution is -0.113. The summed E-state index contributed by atoms with van der Waals surface area (Å²) in [6.07, 6.45) is 2.26. The van der Waals surface area contributed by atoms with E-state index in [0.717, 1.165) is 0 Å². The molecule has 0 bridgehead atoms. The number of rotatable bonds is 12. The predicted molar refractivity (Wildman–Crippen MR) is 149 cm³/mol. The maximum atomic E-state index is 13.1. The molecule has 0 spiro atoms. The number of nitrogens with one attached hydrogen (secondary N) is 2. The smallest absolute Gasteiger partial charge is 0.335 e. The maximum absolute atomic E-state index is 13.1. The van der Waals surface area contributed by atoms with E-state index >= 15 is 0 Å². The molecule has 3 rings (SSSR count). The molecule has 200 valence electrons. The zero-order valence-electron chi connectivity index (χ0n) is 20.8. The van der Waals surface area contributed by atoms with Crippen molar-refractivity contribution in [1.82, 2.24) is 20.1 Å². The Morgan fingerprint density at radius 2 is 1.92 bits per heavy atom. The highest BCUT2D eigenvalue weighted by Gasteiger charge is 2.25. The second-order valence-electron chi connectivity index (χ2n) is 8.74. The number of halogens is 2. The van der Waals surface area contributed by atoms with Gasteiger partial charge in [0.25, 0.3) is 5.91 Å². The summed E-state index contributed by atoms with van der Waals surface area (Å²) in [5, 5.41) is 24.6. The minimum absolute atomic E-state index is 0.00810. The second-order valence-corrected chi connectivity index (χ2v) is 10.5. The molecule has 9 nitrogen and oxygen atoms in total. The zero-order valence-corrected chi connectivity index (χ0v) is 23.1. The molecule has 2 amide bonds. The lowest BCUT2D eigenvalue weighted by Gasteiger charge is -2.21. The molecule has 0 saturated carbocycles. The van der Waals surface area contributed by atoms with Gasteiger partial charge in [-0.1, -0.05) is 61.0 Å². The van der Waals surface area contributed by atoms with E-state index in [1.165, 1.54) is 30.0 Å². The van der Waals surface area contributed by atoms with Crippen molar-refractivity contribution in [3.63, 3.8) is 0 Å². The van der Waals surface area contributed by atoms with Crippen LogP contribution in [-0.2, 0) is 11.3 Å². The average Bonchev–Trinajstić information content (AvgIpc) is 3.24. The first-order chi connectivity index (χ1) is 18.1. The van der Waals surface area contributed by atoms with Crippen molar-refractivity contribution in [1.29, 1.82) is 0 Å². The molecule has 1 heterocycles. The van der Waals surface area contributed by atoms with Gasteiger partial charge in [-0.15, -0.1) is 16.8 Å². The standard InChI is InChI=1S/C26H27Cl2N5O4S/c1-4-10-33-23(21(11-15(2)3)30-24(35)19-9-8-17(27)13-20(19)28)31-32-26(33)38-14-22(34)29-18-7-5-6-16(12-18)25(36)37/h4-9,12-13,15,21H,1,10-11,14H2,2-3H3,(H,29,34)(H,30,35)(H,36,37)/t21-/m1/s1. The van der Waals surface area contributed by atoms with Crippen LogP contribution in [0.3, 0.4) is 0 Å². The number of carbonyl (C=O) groups is 3. The summed E-state index contributed by atoms with van der Waals surface area (Å²) in [7, 11) is 0. The summed E-state index contributed by atoms with van der Waals surface area (Å²) in [5.41, 5.74) is 0.742. The van der Waals surface area contributed by atoms with Crippen molar-refractivity contribution in [2.45, 2.75) is 38.0 Å². The Hall–Kier alpha value is -3.34. The van der Waals surface area contributed by atoms with Crippen LogP contribution in [-0.4, -0.2) is 43.4 Å². The molecular weight excluding hydrogens is 549 g/mol. The number of thioether (sulfide) groups is 1. The quantitative estimate of drug-likeness (QED) is 0.186. The largest absolute Gasteiger partial charge is 0.478 e. The van der Waals surface area contributed by atoms with E-state index in [-0.39, 0.29) is 39.6 Å². The number of hydrogen-bond donors (Lipinski definition) is 3. The van der Waals surface area contributed by atoms with E-state index in [1.54, 1.807) is 34.9 Å². The van der Waals surface area contributed by atoms with Crippen LogP contribution in [0.1, 0.15) is 52.9 Å². The van der Waals surface area contributed by atoms with E-state index in [4.69, 9.17) is 28.3 Å². The number of carboxylic acids is 1. The van der Waals surface area contributed by atoms with Gasteiger partial charge in [-0.2, -0.15) is 0 Å². The highest BCUT2D eigenvalue weighted by atomic mass is 35.5. The predicted octanol–water partition coefficient (Wildman–Crippen LogP) is 5.72. The van der Waals surface area contributed by atoms with E-state index in [9.17, 15) is 14.4 Å². The van der Waals surface area contributed by atoms with Gasteiger partial charge in [-0.05, 0) is 48.7 Å². The number of carbonyl (C=O) groups excluding carboxylic acids is 2. The van der Waals surface area contributed by atoms with Crippen molar-refractivity contribution < 1.29 is 19.5 Å². The molecule has 38 heavy (non-hydrogen) atoms. The van der Waals surface area contributed by atoms with Gasteiger partial charge in [0.1, 0.15) is 0 Å². The Kier molecular flexibility index (Phi) is 10.3.